The number of hydrogen-bond acceptors (Lipinski definition) is 3. The van der Waals surface area contributed by atoms with Gasteiger partial charge in [-0.3, -0.25) is 0 Å². The molecular formula is C20H17Cl2N3O. The van der Waals surface area contributed by atoms with Gasteiger partial charge in [0, 0.05) is 30.4 Å². The average molecular weight is 386 g/mol. The zero-order valence-corrected chi connectivity index (χ0v) is 15.5. The number of nitrogens with zero attached hydrogens (tertiary/aromatic N) is 3. The molecule has 0 fully saturated rings. The van der Waals surface area contributed by atoms with Crippen molar-refractivity contribution in [2.45, 2.75) is 25.2 Å². The number of ether oxygens (including phenoxy) is 1. The van der Waals surface area contributed by atoms with Crippen molar-refractivity contribution in [2.75, 3.05) is 0 Å². The third kappa shape index (κ3) is 3.22. The molecule has 4 nitrogen and oxygen atoms in total. The third-order valence-electron chi connectivity index (χ3n) is 4.74. The van der Waals surface area contributed by atoms with Gasteiger partial charge in [0.05, 0.1) is 24.6 Å². The van der Waals surface area contributed by atoms with E-state index in [1.165, 1.54) is 0 Å². The van der Waals surface area contributed by atoms with Gasteiger partial charge >= 0.3 is 0 Å². The number of aryl methyl sites for hydroxylation is 1. The summed E-state index contributed by atoms with van der Waals surface area (Å²) in [7, 11) is 0. The zero-order chi connectivity index (χ0) is 17.3. The Hall–Kier alpha value is -2.32. The van der Waals surface area contributed by atoms with Gasteiger partial charge < -0.3 is 9.30 Å². The summed E-state index contributed by atoms with van der Waals surface area (Å²) in [6.45, 7) is 1.28. The highest BCUT2D eigenvalue weighted by molar-refractivity contribution is 6.30. The molecule has 6 heteroatoms. The van der Waals surface area contributed by atoms with Crippen LogP contribution in [0.25, 0.3) is 0 Å². The predicted molar refractivity (Wildman–Crippen MR) is 102 cm³/mol. The smallest absolute Gasteiger partial charge is 0.121 e. The molecule has 0 saturated heterocycles. The van der Waals surface area contributed by atoms with Gasteiger partial charge in [-0.15, -0.1) is 12.4 Å². The van der Waals surface area contributed by atoms with Crippen LogP contribution in [0.15, 0.2) is 61.2 Å². The Morgan fingerprint density at radius 2 is 2.04 bits per heavy atom. The Labute approximate surface area is 163 Å². The molecule has 0 N–H and O–H groups in total. The van der Waals surface area contributed by atoms with Crippen molar-refractivity contribution in [2.24, 2.45) is 0 Å². The Morgan fingerprint density at radius 3 is 2.73 bits per heavy atom. The second kappa shape index (κ2) is 7.51. The molecule has 2 heterocycles. The average Bonchev–Trinajstić information content (AvgIpc) is 3.28. The van der Waals surface area contributed by atoms with E-state index >= 15 is 0 Å². The fourth-order valence-corrected chi connectivity index (χ4v) is 3.60. The van der Waals surface area contributed by atoms with Gasteiger partial charge in [0.25, 0.3) is 0 Å². The molecule has 1 aliphatic heterocycles. The molecule has 0 spiro atoms. The lowest BCUT2D eigenvalue weighted by Gasteiger charge is -2.31. The molecule has 1 aliphatic rings. The molecule has 0 aliphatic carbocycles. The Morgan fingerprint density at radius 1 is 1.23 bits per heavy atom. The summed E-state index contributed by atoms with van der Waals surface area (Å²) in [4.78, 5) is 4.11. The minimum absolute atomic E-state index is 0. The van der Waals surface area contributed by atoms with Crippen molar-refractivity contribution in [3.05, 3.63) is 88.5 Å². The molecule has 132 valence electrons. The molecule has 2 aromatic carbocycles. The fourth-order valence-electron chi connectivity index (χ4n) is 3.47. The van der Waals surface area contributed by atoms with Gasteiger partial charge in [0.2, 0.25) is 0 Å². The van der Waals surface area contributed by atoms with Gasteiger partial charge in [0.15, 0.2) is 0 Å². The van der Waals surface area contributed by atoms with Crippen LogP contribution in [-0.2, 0) is 23.5 Å². The molecule has 1 aromatic heterocycles. The van der Waals surface area contributed by atoms with Crippen molar-refractivity contribution in [3.8, 4) is 6.07 Å². The lowest BCUT2D eigenvalue weighted by atomic mass is 9.82. The minimum Gasteiger partial charge on any atom is -0.361 e. The summed E-state index contributed by atoms with van der Waals surface area (Å²) in [5.41, 5.74) is 3.37. The Balaban J connectivity index is 0.00000196. The van der Waals surface area contributed by atoms with Crippen LogP contribution in [0.2, 0.25) is 5.02 Å². The van der Waals surface area contributed by atoms with Crippen molar-refractivity contribution in [1.82, 2.24) is 9.55 Å². The summed E-state index contributed by atoms with van der Waals surface area (Å²) in [6.07, 6.45) is 6.30. The highest BCUT2D eigenvalue weighted by Gasteiger charge is 2.41. The number of nitriles is 1. The van der Waals surface area contributed by atoms with E-state index < -0.39 is 5.60 Å². The van der Waals surface area contributed by atoms with Crippen molar-refractivity contribution in [3.63, 3.8) is 0 Å². The first-order valence-electron chi connectivity index (χ1n) is 8.10. The number of hydrogen-bond donors (Lipinski definition) is 0. The van der Waals surface area contributed by atoms with Gasteiger partial charge in [0.1, 0.15) is 5.60 Å². The highest BCUT2D eigenvalue weighted by atomic mass is 35.5. The zero-order valence-electron chi connectivity index (χ0n) is 13.9. The van der Waals surface area contributed by atoms with Gasteiger partial charge in [-0.2, -0.15) is 5.26 Å². The molecule has 0 bridgehead atoms. The topological polar surface area (TPSA) is 50.8 Å². The molecule has 3 aromatic rings. The van der Waals surface area contributed by atoms with Crippen LogP contribution in [-0.4, -0.2) is 9.55 Å². The fraction of sp³-hybridized carbons (Fsp3) is 0.200. The van der Waals surface area contributed by atoms with E-state index in [1.807, 2.05) is 59.6 Å². The van der Waals surface area contributed by atoms with Crippen LogP contribution in [0.1, 0.15) is 28.7 Å². The van der Waals surface area contributed by atoms with Crippen LogP contribution in [0.5, 0.6) is 0 Å². The monoisotopic (exact) mass is 385 g/mol. The van der Waals surface area contributed by atoms with Crippen molar-refractivity contribution >= 4 is 24.0 Å². The molecule has 1 unspecified atom stereocenters. The number of fused-ring (bicyclic) bond motifs is 1. The second-order valence-electron chi connectivity index (χ2n) is 6.16. The molecule has 1 atom stereocenters. The minimum atomic E-state index is -0.543. The van der Waals surface area contributed by atoms with E-state index in [0.29, 0.717) is 17.2 Å². The largest absolute Gasteiger partial charge is 0.361 e. The summed E-state index contributed by atoms with van der Waals surface area (Å²) in [6, 6.07) is 15.8. The quantitative estimate of drug-likeness (QED) is 0.654. The van der Waals surface area contributed by atoms with Crippen LogP contribution < -0.4 is 0 Å². The Bertz CT molecular complexity index is 933. The lowest BCUT2D eigenvalue weighted by Crippen LogP contribution is -2.28. The predicted octanol–water partition coefficient (Wildman–Crippen LogP) is 4.69. The molecule has 0 radical (unpaired) electrons. The molecule has 4 rings (SSSR count). The Kier molecular flexibility index (Phi) is 5.33. The van der Waals surface area contributed by atoms with Gasteiger partial charge in [-0.1, -0.05) is 29.8 Å². The summed E-state index contributed by atoms with van der Waals surface area (Å²) in [5, 5.41) is 9.86. The second-order valence-corrected chi connectivity index (χ2v) is 6.59. The maximum Gasteiger partial charge on any atom is 0.121 e. The first-order chi connectivity index (χ1) is 12.2. The number of halogens is 2. The molecular weight excluding hydrogens is 369 g/mol. The van der Waals surface area contributed by atoms with Gasteiger partial charge in [-0.25, -0.2) is 4.98 Å². The van der Waals surface area contributed by atoms with Crippen molar-refractivity contribution < 1.29 is 4.74 Å². The molecule has 0 amide bonds. The molecule has 0 saturated carbocycles. The molecule has 26 heavy (non-hydrogen) atoms. The standard InChI is InChI=1S/C20H16ClN3O.ClH/c21-18-4-2-17(3-5-18)20(7-9-24-10-8-23-14-24)19-6-1-15(12-22)11-16(19)13-25-20;/h1-6,8,10-11,14H,7,9,13H2;1H. The lowest BCUT2D eigenvalue weighted by molar-refractivity contribution is -0.0145. The summed E-state index contributed by atoms with van der Waals surface area (Å²) < 4.78 is 8.39. The normalized spacial score (nSPS) is 18.0. The van der Waals surface area contributed by atoms with Crippen molar-refractivity contribution in [1.29, 1.82) is 5.26 Å². The third-order valence-corrected chi connectivity index (χ3v) is 4.99. The van der Waals surface area contributed by atoms with Gasteiger partial charge in [-0.05, 0) is 41.0 Å². The number of benzene rings is 2. The SMILES string of the molecule is Cl.N#Cc1ccc2c(c1)COC2(CCn1ccnc1)c1ccc(Cl)cc1. The van der Waals surface area contributed by atoms with E-state index in [2.05, 4.69) is 11.1 Å². The van der Waals surface area contributed by atoms with Crippen LogP contribution in [0, 0.1) is 11.3 Å². The number of imidazole rings is 1. The first kappa shape index (κ1) is 18.5. The van der Waals surface area contributed by atoms with E-state index in [-0.39, 0.29) is 12.4 Å². The van der Waals surface area contributed by atoms with E-state index in [1.54, 1.807) is 6.20 Å². The van der Waals surface area contributed by atoms with Crippen LogP contribution in [0.3, 0.4) is 0 Å². The van der Waals surface area contributed by atoms with Crippen LogP contribution >= 0.6 is 24.0 Å². The number of aromatic nitrogens is 2. The van der Waals surface area contributed by atoms with Crippen LogP contribution in [0.4, 0.5) is 0 Å². The highest BCUT2D eigenvalue weighted by Crippen LogP contribution is 2.45. The van der Waals surface area contributed by atoms with E-state index in [0.717, 1.165) is 29.7 Å². The summed E-state index contributed by atoms with van der Waals surface area (Å²) >= 11 is 6.07. The summed E-state index contributed by atoms with van der Waals surface area (Å²) in [5.74, 6) is 0. The maximum atomic E-state index is 9.16. The number of rotatable bonds is 4. The van der Waals surface area contributed by atoms with E-state index in [9.17, 15) is 0 Å². The maximum absolute atomic E-state index is 9.16. The first-order valence-corrected chi connectivity index (χ1v) is 8.48. The van der Waals surface area contributed by atoms with E-state index in [4.69, 9.17) is 21.6 Å².